The van der Waals surface area contributed by atoms with Gasteiger partial charge >= 0.3 is 0 Å². The molecule has 10 nitrogen and oxygen atoms in total. The maximum absolute atomic E-state index is 5.91. The first kappa shape index (κ1) is 30.9. The van der Waals surface area contributed by atoms with E-state index < -0.39 is 0 Å². The van der Waals surface area contributed by atoms with Crippen molar-refractivity contribution in [2.45, 2.75) is 26.2 Å². The summed E-state index contributed by atoms with van der Waals surface area (Å²) in [6.07, 6.45) is 12.4. The van der Waals surface area contributed by atoms with Crippen LogP contribution in [0.2, 0.25) is 0 Å². The van der Waals surface area contributed by atoms with E-state index in [1.165, 1.54) is 37.2 Å². The third-order valence-electron chi connectivity index (χ3n) is 9.16. The number of rotatable bonds is 11. The van der Waals surface area contributed by atoms with Crippen LogP contribution in [0.25, 0.3) is 17.1 Å². The number of nitrogens with one attached hydrogen (secondary N) is 2. The normalized spacial score (nSPS) is 16.0. The second kappa shape index (κ2) is 13.5. The standard InChI is InChI=1S/C34H43N9OS/c1-7-22-17-28(30(44-5)18-29(22)43-15-11-24(12-16-43)25-20-41(3)21-25)39-34-37-19-23(8-2)33(40-34)38-27-10-9-26-31(36-14-13-35-26)32(27)42(4)45-6/h8-10,13-14,17-19,24-25H,2,7,11-12,15-16,20-21H2,1,3-6H3,(H2,37,38,39,40). The lowest BCUT2D eigenvalue weighted by atomic mass is 9.80. The molecule has 0 aliphatic carbocycles. The maximum atomic E-state index is 5.91. The summed E-state index contributed by atoms with van der Waals surface area (Å²) in [6.45, 7) is 10.9. The van der Waals surface area contributed by atoms with Crippen LogP contribution in [0.5, 0.6) is 5.75 Å². The molecule has 2 aliphatic heterocycles. The number of hydrogen-bond donors (Lipinski definition) is 2. The monoisotopic (exact) mass is 625 g/mol. The van der Waals surface area contributed by atoms with Crippen molar-refractivity contribution in [3.63, 3.8) is 0 Å². The van der Waals surface area contributed by atoms with E-state index in [1.807, 2.05) is 25.4 Å². The third kappa shape index (κ3) is 6.37. The Balaban J connectivity index is 1.26. The molecule has 2 N–H and O–H groups in total. The lowest BCUT2D eigenvalue weighted by molar-refractivity contribution is 0.0714. The average molecular weight is 626 g/mol. The van der Waals surface area contributed by atoms with E-state index in [2.05, 4.69) is 72.4 Å². The van der Waals surface area contributed by atoms with Gasteiger partial charge in [-0.25, -0.2) is 4.98 Å². The molecule has 0 unspecified atom stereocenters. The highest BCUT2D eigenvalue weighted by molar-refractivity contribution is 7.99. The molecule has 0 atom stereocenters. The van der Waals surface area contributed by atoms with Crippen LogP contribution in [-0.2, 0) is 6.42 Å². The molecule has 2 fully saturated rings. The van der Waals surface area contributed by atoms with Crippen LogP contribution in [0.3, 0.4) is 0 Å². The number of ether oxygens (including phenoxy) is 1. The van der Waals surface area contributed by atoms with Crippen LogP contribution in [0, 0.1) is 11.8 Å². The first-order chi connectivity index (χ1) is 21.9. The van der Waals surface area contributed by atoms with Crippen LogP contribution in [0.1, 0.15) is 30.9 Å². The molecule has 45 heavy (non-hydrogen) atoms. The Morgan fingerprint density at radius 3 is 2.53 bits per heavy atom. The summed E-state index contributed by atoms with van der Waals surface area (Å²) in [5.41, 5.74) is 7.58. The Labute approximate surface area is 270 Å². The highest BCUT2D eigenvalue weighted by Gasteiger charge is 2.33. The zero-order valence-electron chi connectivity index (χ0n) is 26.9. The van der Waals surface area contributed by atoms with Crippen LogP contribution < -0.4 is 24.6 Å². The number of aromatic nitrogens is 4. The fourth-order valence-electron chi connectivity index (χ4n) is 6.60. The molecule has 2 aromatic carbocycles. The van der Waals surface area contributed by atoms with Gasteiger partial charge in [0.05, 0.1) is 29.7 Å². The quantitative estimate of drug-likeness (QED) is 0.176. The molecular formula is C34H43N9OS. The predicted octanol–water partition coefficient (Wildman–Crippen LogP) is 6.61. The summed E-state index contributed by atoms with van der Waals surface area (Å²) < 4.78 is 7.98. The molecule has 236 valence electrons. The van der Waals surface area contributed by atoms with Crippen molar-refractivity contribution in [2.24, 2.45) is 11.8 Å². The molecule has 2 saturated heterocycles. The minimum absolute atomic E-state index is 0.461. The van der Waals surface area contributed by atoms with Crippen molar-refractivity contribution in [1.29, 1.82) is 0 Å². The molecule has 0 amide bonds. The van der Waals surface area contributed by atoms with Crippen molar-refractivity contribution in [1.82, 2.24) is 24.8 Å². The molecule has 0 bridgehead atoms. The fourth-order valence-corrected chi connectivity index (χ4v) is 6.96. The summed E-state index contributed by atoms with van der Waals surface area (Å²) in [7, 11) is 5.95. The summed E-state index contributed by atoms with van der Waals surface area (Å²) in [5.74, 6) is 3.57. The van der Waals surface area contributed by atoms with Crippen LogP contribution >= 0.6 is 11.9 Å². The molecule has 11 heteroatoms. The number of hydrogen-bond acceptors (Lipinski definition) is 11. The SMILES string of the molecule is C=Cc1cnc(Nc2cc(CC)c(N3CCC(C4CN(C)C4)CC3)cc2OC)nc1Nc1ccc2nccnc2c1N(C)SC. The number of nitrogens with zero attached hydrogens (tertiary/aromatic N) is 7. The highest BCUT2D eigenvalue weighted by atomic mass is 32.2. The van der Waals surface area contributed by atoms with E-state index in [-0.39, 0.29) is 0 Å². The lowest BCUT2D eigenvalue weighted by Crippen LogP contribution is -2.50. The third-order valence-corrected chi connectivity index (χ3v) is 9.89. The highest BCUT2D eigenvalue weighted by Crippen LogP contribution is 2.40. The molecule has 0 spiro atoms. The number of fused-ring (bicyclic) bond motifs is 1. The number of likely N-dealkylation sites (tertiary alicyclic amines) is 1. The number of methoxy groups -OCH3 is 1. The number of anilines is 6. The minimum atomic E-state index is 0.461. The molecule has 0 saturated carbocycles. The fraction of sp³-hybridized carbons (Fsp3) is 0.412. The van der Waals surface area contributed by atoms with Crippen LogP contribution in [0.4, 0.5) is 34.5 Å². The first-order valence-electron chi connectivity index (χ1n) is 15.6. The van der Waals surface area contributed by atoms with E-state index >= 15 is 0 Å². The summed E-state index contributed by atoms with van der Waals surface area (Å²) in [4.78, 5) is 23.6. The van der Waals surface area contributed by atoms with Crippen molar-refractivity contribution in [3.05, 3.63) is 60.6 Å². The van der Waals surface area contributed by atoms with E-state index in [0.717, 1.165) is 70.8 Å². The molecule has 2 aliphatic rings. The van der Waals surface area contributed by atoms with Gasteiger partial charge in [-0.1, -0.05) is 31.5 Å². The van der Waals surface area contributed by atoms with Gasteiger partial charge in [0.25, 0.3) is 0 Å². The minimum Gasteiger partial charge on any atom is -0.494 e. The lowest BCUT2D eigenvalue weighted by Gasteiger charge is -2.45. The molecule has 0 radical (unpaired) electrons. The van der Waals surface area contributed by atoms with E-state index in [1.54, 1.807) is 43.7 Å². The van der Waals surface area contributed by atoms with Crippen molar-refractivity contribution in [2.75, 3.05) is 73.5 Å². The van der Waals surface area contributed by atoms with Crippen molar-refractivity contribution >= 4 is 63.6 Å². The van der Waals surface area contributed by atoms with Gasteiger partial charge in [0, 0.05) is 75.4 Å². The average Bonchev–Trinajstić information content (AvgIpc) is 3.06. The van der Waals surface area contributed by atoms with Crippen LogP contribution in [-0.4, -0.2) is 78.5 Å². The van der Waals surface area contributed by atoms with Gasteiger partial charge in [-0.05, 0) is 61.9 Å². The van der Waals surface area contributed by atoms with Crippen LogP contribution in [0.15, 0.2) is 49.4 Å². The first-order valence-corrected chi connectivity index (χ1v) is 16.8. The van der Waals surface area contributed by atoms with Gasteiger partial charge in [0.1, 0.15) is 17.1 Å². The Bertz CT molecular complexity index is 1670. The van der Waals surface area contributed by atoms with Gasteiger partial charge in [-0.2, -0.15) is 4.98 Å². The summed E-state index contributed by atoms with van der Waals surface area (Å²) >= 11 is 1.60. The second-order valence-electron chi connectivity index (χ2n) is 11.9. The van der Waals surface area contributed by atoms with Crippen molar-refractivity contribution < 1.29 is 4.74 Å². The number of aryl methyl sites for hydroxylation is 1. The Hall–Kier alpha value is -4.09. The summed E-state index contributed by atoms with van der Waals surface area (Å²) in [6, 6.07) is 8.33. The topological polar surface area (TPSA) is 94.6 Å². The van der Waals surface area contributed by atoms with Gasteiger partial charge in [-0.3, -0.25) is 9.97 Å². The largest absolute Gasteiger partial charge is 0.494 e. The predicted molar refractivity (Wildman–Crippen MR) is 188 cm³/mol. The number of piperidine rings is 1. The zero-order chi connectivity index (χ0) is 31.5. The second-order valence-corrected chi connectivity index (χ2v) is 12.8. The Morgan fingerprint density at radius 2 is 1.84 bits per heavy atom. The maximum Gasteiger partial charge on any atom is 0.229 e. The van der Waals surface area contributed by atoms with Crippen molar-refractivity contribution in [3.8, 4) is 5.75 Å². The van der Waals surface area contributed by atoms with E-state index in [4.69, 9.17) is 9.72 Å². The Kier molecular flexibility index (Phi) is 9.27. The van der Waals surface area contributed by atoms with E-state index in [0.29, 0.717) is 11.8 Å². The molecule has 2 aromatic heterocycles. The molecule has 4 heterocycles. The van der Waals surface area contributed by atoms with Gasteiger partial charge < -0.3 is 29.5 Å². The smallest absolute Gasteiger partial charge is 0.229 e. The zero-order valence-corrected chi connectivity index (χ0v) is 27.7. The Morgan fingerprint density at radius 1 is 1.07 bits per heavy atom. The van der Waals surface area contributed by atoms with E-state index in [9.17, 15) is 0 Å². The number of benzene rings is 2. The molecule has 6 rings (SSSR count). The molecular weight excluding hydrogens is 583 g/mol. The van der Waals surface area contributed by atoms with Gasteiger partial charge in [-0.15, -0.1) is 0 Å². The summed E-state index contributed by atoms with van der Waals surface area (Å²) in [5, 5.41) is 6.97. The van der Waals surface area contributed by atoms with Gasteiger partial charge in [0.2, 0.25) is 5.95 Å². The van der Waals surface area contributed by atoms with Gasteiger partial charge in [0.15, 0.2) is 0 Å². The molecule has 4 aromatic rings.